The molecular formula is C49H94NO8P. The average molecular weight is 856 g/mol. The first-order valence-corrected chi connectivity index (χ1v) is 26.3. The number of esters is 2. The number of allylic oxidation sites excluding steroid dienone is 4. The van der Waals surface area contributed by atoms with Crippen LogP contribution in [0.3, 0.4) is 0 Å². The quantitative estimate of drug-likeness (QED) is 0.0265. The second-order valence-electron chi connectivity index (χ2n) is 16.7. The lowest BCUT2D eigenvalue weighted by Crippen LogP contribution is -2.29. The Morgan fingerprint density at radius 3 is 1.34 bits per heavy atom. The summed E-state index contributed by atoms with van der Waals surface area (Å²) in [5, 5.41) is 0. The summed E-state index contributed by atoms with van der Waals surface area (Å²) in [4.78, 5) is 35.0. The third-order valence-corrected chi connectivity index (χ3v) is 11.8. The fourth-order valence-corrected chi connectivity index (χ4v) is 7.89. The number of unbranched alkanes of at least 4 members (excludes halogenated alkanes) is 30. The number of nitrogens with two attached hydrogens (primary N) is 1. The number of carbonyl (C=O) groups is 2. The van der Waals surface area contributed by atoms with E-state index in [1.165, 1.54) is 148 Å². The minimum atomic E-state index is -4.38. The predicted molar refractivity (Wildman–Crippen MR) is 247 cm³/mol. The molecule has 10 heteroatoms. The van der Waals surface area contributed by atoms with Crippen LogP contribution in [-0.4, -0.2) is 49.3 Å². The molecule has 0 heterocycles. The molecule has 59 heavy (non-hydrogen) atoms. The molecule has 0 amide bonds. The molecule has 2 unspecified atom stereocenters. The third kappa shape index (κ3) is 45.8. The van der Waals surface area contributed by atoms with Gasteiger partial charge in [-0.2, -0.15) is 0 Å². The normalized spacial score (nSPS) is 13.4. The van der Waals surface area contributed by atoms with Gasteiger partial charge in [-0.25, -0.2) is 4.57 Å². The number of ether oxygens (including phenoxy) is 2. The summed E-state index contributed by atoms with van der Waals surface area (Å²) < 4.78 is 32.8. The van der Waals surface area contributed by atoms with Gasteiger partial charge in [-0.3, -0.25) is 18.6 Å². The number of hydrogen-bond acceptors (Lipinski definition) is 8. The Kier molecular flexibility index (Phi) is 44.8. The van der Waals surface area contributed by atoms with Gasteiger partial charge in [-0.15, -0.1) is 0 Å². The number of rotatable bonds is 47. The fraction of sp³-hybridized carbons (Fsp3) is 0.878. The standard InChI is InChI=1S/C49H94NO8P/c1-3-5-7-9-11-13-15-17-19-20-21-22-23-24-25-26-27-28-30-31-33-35-37-39-41-48(51)55-45-47(46-57-59(53,54)56-44-43-50)58-49(52)42-40-38-36-34-32-29-18-16-14-12-10-8-6-4-2/h10,12,16,18,47H,3-9,11,13-15,17,19-46,50H2,1-2H3,(H,53,54)/b12-10-,18-16-. The van der Waals surface area contributed by atoms with Crippen molar-refractivity contribution >= 4 is 19.8 Å². The fourth-order valence-electron chi connectivity index (χ4n) is 7.12. The molecule has 0 aromatic heterocycles. The van der Waals surface area contributed by atoms with Gasteiger partial charge >= 0.3 is 19.8 Å². The first kappa shape index (κ1) is 57.5. The smallest absolute Gasteiger partial charge is 0.462 e. The van der Waals surface area contributed by atoms with Crippen molar-refractivity contribution in [3.63, 3.8) is 0 Å². The van der Waals surface area contributed by atoms with Crippen LogP contribution in [0.25, 0.3) is 0 Å². The summed E-state index contributed by atoms with van der Waals surface area (Å²) in [5.74, 6) is -0.833. The lowest BCUT2D eigenvalue weighted by molar-refractivity contribution is -0.161. The van der Waals surface area contributed by atoms with E-state index in [4.69, 9.17) is 24.3 Å². The van der Waals surface area contributed by atoms with Crippen LogP contribution in [0.4, 0.5) is 0 Å². The summed E-state index contributed by atoms with van der Waals surface area (Å²) >= 11 is 0. The molecule has 3 N–H and O–H groups in total. The van der Waals surface area contributed by atoms with E-state index in [2.05, 4.69) is 38.2 Å². The Bertz CT molecular complexity index is 1020. The maximum absolute atomic E-state index is 12.6. The molecule has 0 radical (unpaired) electrons. The molecule has 0 saturated heterocycles. The maximum Gasteiger partial charge on any atom is 0.472 e. The van der Waals surface area contributed by atoms with E-state index in [9.17, 15) is 19.0 Å². The SMILES string of the molecule is CCCC/C=C\C/C=C\CCCCCCCC(=O)OC(COC(=O)CCCCCCCCCCCCCCCCCCCCCCCCCC)COP(=O)(O)OCCN. The molecule has 0 aliphatic carbocycles. The first-order chi connectivity index (χ1) is 28.8. The summed E-state index contributed by atoms with van der Waals surface area (Å²) in [5.41, 5.74) is 5.36. The van der Waals surface area contributed by atoms with Gasteiger partial charge in [0.05, 0.1) is 13.2 Å². The van der Waals surface area contributed by atoms with Gasteiger partial charge in [-0.05, 0) is 38.5 Å². The van der Waals surface area contributed by atoms with E-state index in [1.807, 2.05) is 0 Å². The average Bonchev–Trinajstić information content (AvgIpc) is 3.22. The number of phosphoric acid groups is 1. The Balaban J connectivity index is 3.97. The largest absolute Gasteiger partial charge is 0.472 e. The molecule has 0 spiro atoms. The number of phosphoric ester groups is 1. The molecule has 0 fully saturated rings. The van der Waals surface area contributed by atoms with Crippen LogP contribution in [-0.2, 0) is 32.7 Å². The second kappa shape index (κ2) is 46.0. The second-order valence-corrected chi connectivity index (χ2v) is 18.1. The van der Waals surface area contributed by atoms with E-state index in [0.717, 1.165) is 64.2 Å². The predicted octanol–water partition coefficient (Wildman–Crippen LogP) is 14.7. The van der Waals surface area contributed by atoms with E-state index in [1.54, 1.807) is 0 Å². The van der Waals surface area contributed by atoms with Crippen molar-refractivity contribution in [3.8, 4) is 0 Å². The highest BCUT2D eigenvalue weighted by Crippen LogP contribution is 2.43. The van der Waals surface area contributed by atoms with Crippen molar-refractivity contribution in [2.24, 2.45) is 5.73 Å². The van der Waals surface area contributed by atoms with Gasteiger partial charge in [0.1, 0.15) is 6.61 Å². The maximum atomic E-state index is 12.6. The zero-order valence-electron chi connectivity index (χ0n) is 38.5. The monoisotopic (exact) mass is 856 g/mol. The Morgan fingerprint density at radius 1 is 0.508 bits per heavy atom. The van der Waals surface area contributed by atoms with Crippen molar-refractivity contribution in [2.45, 2.75) is 251 Å². The van der Waals surface area contributed by atoms with E-state index < -0.39 is 26.5 Å². The third-order valence-electron chi connectivity index (χ3n) is 10.8. The molecule has 348 valence electrons. The lowest BCUT2D eigenvalue weighted by atomic mass is 10.0. The molecule has 0 rings (SSSR count). The van der Waals surface area contributed by atoms with E-state index in [-0.39, 0.29) is 38.6 Å². The Hall–Kier alpha value is -1.51. The van der Waals surface area contributed by atoms with Gasteiger partial charge in [-0.1, -0.05) is 218 Å². The highest BCUT2D eigenvalue weighted by Gasteiger charge is 2.26. The summed E-state index contributed by atoms with van der Waals surface area (Å²) in [6.45, 7) is 3.71. The molecule has 0 aliphatic rings. The Morgan fingerprint density at radius 2 is 0.898 bits per heavy atom. The molecule has 0 saturated carbocycles. The van der Waals surface area contributed by atoms with E-state index in [0.29, 0.717) is 6.42 Å². The zero-order chi connectivity index (χ0) is 43.2. The van der Waals surface area contributed by atoms with Gasteiger partial charge in [0.25, 0.3) is 0 Å². The van der Waals surface area contributed by atoms with Crippen molar-refractivity contribution in [1.29, 1.82) is 0 Å². The lowest BCUT2D eigenvalue weighted by Gasteiger charge is -2.19. The Labute approximate surface area is 363 Å². The number of hydrogen-bond donors (Lipinski definition) is 2. The molecular weight excluding hydrogens is 762 g/mol. The van der Waals surface area contributed by atoms with Gasteiger partial charge in [0.15, 0.2) is 6.10 Å². The number of carbonyl (C=O) groups excluding carboxylic acids is 2. The van der Waals surface area contributed by atoms with Crippen molar-refractivity contribution in [3.05, 3.63) is 24.3 Å². The molecule has 0 aromatic rings. The van der Waals surface area contributed by atoms with Gasteiger partial charge < -0.3 is 20.1 Å². The zero-order valence-corrected chi connectivity index (χ0v) is 39.4. The van der Waals surface area contributed by atoms with Gasteiger partial charge in [0, 0.05) is 19.4 Å². The van der Waals surface area contributed by atoms with Gasteiger partial charge in [0.2, 0.25) is 0 Å². The van der Waals surface area contributed by atoms with E-state index >= 15 is 0 Å². The summed E-state index contributed by atoms with van der Waals surface area (Å²) in [7, 11) is -4.38. The van der Waals surface area contributed by atoms with Crippen LogP contribution in [0.1, 0.15) is 245 Å². The highest BCUT2D eigenvalue weighted by molar-refractivity contribution is 7.47. The summed E-state index contributed by atoms with van der Waals surface area (Å²) in [6, 6.07) is 0. The molecule has 2 atom stereocenters. The van der Waals surface area contributed by atoms with Crippen LogP contribution in [0, 0.1) is 0 Å². The van der Waals surface area contributed by atoms with Crippen molar-refractivity contribution < 1.29 is 37.6 Å². The minimum absolute atomic E-state index is 0.0526. The summed E-state index contributed by atoms with van der Waals surface area (Å²) in [6.07, 6.45) is 50.8. The topological polar surface area (TPSA) is 134 Å². The van der Waals surface area contributed by atoms with Crippen molar-refractivity contribution in [2.75, 3.05) is 26.4 Å². The van der Waals surface area contributed by atoms with Crippen molar-refractivity contribution in [1.82, 2.24) is 0 Å². The molecule has 0 bridgehead atoms. The molecule has 9 nitrogen and oxygen atoms in total. The van der Waals surface area contributed by atoms with Crippen LogP contribution in [0.5, 0.6) is 0 Å². The molecule has 0 aromatic carbocycles. The van der Waals surface area contributed by atoms with Crippen LogP contribution < -0.4 is 5.73 Å². The first-order valence-electron chi connectivity index (χ1n) is 24.8. The minimum Gasteiger partial charge on any atom is -0.462 e. The van der Waals surface area contributed by atoms with Crippen LogP contribution in [0.2, 0.25) is 0 Å². The molecule has 0 aliphatic heterocycles. The van der Waals surface area contributed by atoms with Crippen LogP contribution in [0.15, 0.2) is 24.3 Å². The van der Waals surface area contributed by atoms with Crippen LogP contribution >= 0.6 is 7.82 Å². The highest BCUT2D eigenvalue weighted by atomic mass is 31.2.